The molecule has 51 heavy (non-hydrogen) atoms. The van der Waals surface area contributed by atoms with Crippen LogP contribution >= 0.6 is 15.9 Å². The number of para-hydroxylation sites is 1. The first kappa shape index (κ1) is 35.0. The molecule has 14 heteroatoms. The first-order valence-electron chi connectivity index (χ1n) is 17.3. The molecule has 268 valence electrons. The number of hydrogen-bond donors (Lipinski definition) is 2. The Morgan fingerprint density at radius 2 is 1.80 bits per heavy atom. The Hall–Kier alpha value is -4.40. The first-order valence-corrected chi connectivity index (χ1v) is 18.1. The molecule has 7 rings (SSSR count). The molecule has 0 saturated carbocycles. The van der Waals surface area contributed by atoms with Gasteiger partial charge < -0.3 is 29.7 Å². The van der Waals surface area contributed by atoms with Crippen LogP contribution in [0.25, 0.3) is 11.0 Å². The molecule has 1 spiro atoms. The Morgan fingerprint density at radius 3 is 2.57 bits per heavy atom. The summed E-state index contributed by atoms with van der Waals surface area (Å²) < 4.78 is 14.5. The second-order valence-corrected chi connectivity index (χ2v) is 14.9. The van der Waals surface area contributed by atoms with Gasteiger partial charge in [-0.2, -0.15) is 0 Å². The number of halogens is 1. The molecule has 0 radical (unpaired) electrons. The van der Waals surface area contributed by atoms with E-state index in [-0.39, 0.29) is 38.8 Å². The number of ether oxygens (including phenoxy) is 2. The van der Waals surface area contributed by atoms with Gasteiger partial charge in [0.1, 0.15) is 36.5 Å². The number of carbonyl (C=O) groups excluding carboxylic acids is 4. The van der Waals surface area contributed by atoms with Crippen molar-refractivity contribution in [1.82, 2.24) is 30.1 Å². The number of hydrogen-bond acceptors (Lipinski definition) is 9. The van der Waals surface area contributed by atoms with Gasteiger partial charge in [-0.15, -0.1) is 5.10 Å². The maximum absolute atomic E-state index is 15.2. The smallest absolute Gasteiger partial charge is 0.306 e. The number of carbonyl (C=O) groups is 4. The SMILES string of the molecule is CC(C)C[C@H](CO)N1C(=O)[C@@H]2[C@H]3C(=O)N[C@@H](c4ccccc4)COC(=O)CC/C=C\CN(Cn4nnc5ccccc54)C(=O)[C@@H]1[C@]21C=C(Br)[C@H]3O1. The number of allylic oxidation sites excluding steroid dienone is 1. The van der Waals surface area contributed by atoms with E-state index in [1.165, 1.54) is 4.90 Å². The summed E-state index contributed by atoms with van der Waals surface area (Å²) in [6.45, 7) is 3.60. The molecule has 7 atom stereocenters. The van der Waals surface area contributed by atoms with Gasteiger partial charge in [0.15, 0.2) is 0 Å². The topological polar surface area (TPSA) is 156 Å². The largest absolute Gasteiger partial charge is 0.463 e. The van der Waals surface area contributed by atoms with E-state index in [4.69, 9.17) is 9.47 Å². The normalized spacial score (nSPS) is 29.7. The zero-order valence-electron chi connectivity index (χ0n) is 28.4. The number of esters is 1. The number of nitrogens with zero attached hydrogens (tertiary/aromatic N) is 5. The van der Waals surface area contributed by atoms with E-state index in [0.717, 1.165) is 5.56 Å². The molecule has 4 aliphatic heterocycles. The number of aromatic nitrogens is 3. The molecular weight excluding hydrogens is 720 g/mol. The minimum atomic E-state index is -1.50. The van der Waals surface area contributed by atoms with Crippen molar-refractivity contribution in [3.63, 3.8) is 0 Å². The van der Waals surface area contributed by atoms with Gasteiger partial charge >= 0.3 is 5.97 Å². The van der Waals surface area contributed by atoms with E-state index in [9.17, 15) is 19.5 Å². The van der Waals surface area contributed by atoms with Crippen molar-refractivity contribution in [3.8, 4) is 0 Å². The van der Waals surface area contributed by atoms with E-state index in [1.807, 2.05) is 74.5 Å². The van der Waals surface area contributed by atoms with E-state index in [2.05, 4.69) is 31.6 Å². The molecule has 1 aromatic heterocycles. The van der Waals surface area contributed by atoms with Crippen LogP contribution in [0, 0.1) is 17.8 Å². The highest BCUT2D eigenvalue weighted by Crippen LogP contribution is 2.59. The molecule has 3 amide bonds. The van der Waals surface area contributed by atoms with Crippen molar-refractivity contribution in [2.45, 2.75) is 69.6 Å². The van der Waals surface area contributed by atoms with Crippen molar-refractivity contribution in [1.29, 1.82) is 0 Å². The first-order chi connectivity index (χ1) is 24.6. The molecule has 2 aromatic carbocycles. The van der Waals surface area contributed by atoms with Crippen LogP contribution in [0.15, 0.2) is 77.3 Å². The van der Waals surface area contributed by atoms with E-state index in [0.29, 0.717) is 28.4 Å². The van der Waals surface area contributed by atoms with Gasteiger partial charge in [0.25, 0.3) is 5.91 Å². The van der Waals surface area contributed by atoms with Crippen molar-refractivity contribution < 1.29 is 33.8 Å². The lowest BCUT2D eigenvalue weighted by Gasteiger charge is -2.39. The van der Waals surface area contributed by atoms with E-state index < -0.39 is 65.4 Å². The van der Waals surface area contributed by atoms with Gasteiger partial charge in [-0.25, -0.2) is 4.68 Å². The summed E-state index contributed by atoms with van der Waals surface area (Å²) in [4.78, 5) is 60.3. The highest BCUT2D eigenvalue weighted by atomic mass is 79.9. The van der Waals surface area contributed by atoms with Gasteiger partial charge in [0.05, 0.1) is 36.0 Å². The van der Waals surface area contributed by atoms with Crippen molar-refractivity contribution in [3.05, 3.63) is 82.9 Å². The van der Waals surface area contributed by atoms with Gasteiger partial charge in [-0.3, -0.25) is 19.2 Å². The zero-order valence-corrected chi connectivity index (χ0v) is 30.0. The van der Waals surface area contributed by atoms with Crippen LogP contribution in [0.1, 0.15) is 44.7 Å². The fraction of sp³-hybridized carbons (Fsp3) is 0.459. The highest BCUT2D eigenvalue weighted by Gasteiger charge is 2.75. The lowest BCUT2D eigenvalue weighted by molar-refractivity contribution is -0.152. The maximum atomic E-state index is 15.2. The number of amides is 3. The Bertz CT molecular complexity index is 1880. The fourth-order valence-electron chi connectivity index (χ4n) is 7.97. The standard InChI is InChI=1S/C37H41BrN6O7/c1-22(2)17-24(19-45)44-33-36(49)42(21-43-28-14-9-8-13-26(28)40-41-43)16-10-4-7-15-29(46)50-20-27(23-11-5-3-6-12-23)39-34(47)30-31(35(44)48)37(33)18-25(38)32(30)51-37/h3-6,8-14,18,22,24,27,30-33,45H,7,15-17,19-21H2,1-2H3,(H,39,47)/b10-4-/t24-,27-,30-,31+,32-,33-,37+/m1/s1. The third-order valence-corrected chi connectivity index (χ3v) is 10.9. The number of nitrogens with one attached hydrogen (secondary N) is 1. The molecule has 13 nitrogen and oxygen atoms in total. The summed E-state index contributed by atoms with van der Waals surface area (Å²) in [5, 5.41) is 22.4. The van der Waals surface area contributed by atoms with Gasteiger partial charge in [-0.1, -0.05) is 89.6 Å². The zero-order chi connectivity index (χ0) is 35.9. The maximum Gasteiger partial charge on any atom is 0.306 e. The molecule has 3 aromatic rings. The van der Waals surface area contributed by atoms with Crippen LogP contribution in [-0.2, 0) is 35.3 Å². The number of cyclic esters (lactones) is 1. The minimum absolute atomic E-state index is 0.00401. The highest BCUT2D eigenvalue weighted by molar-refractivity contribution is 9.11. The number of aliphatic hydroxyl groups excluding tert-OH is 1. The second kappa shape index (κ2) is 14.3. The number of benzene rings is 2. The third kappa shape index (κ3) is 6.38. The fourth-order valence-corrected chi connectivity index (χ4v) is 8.70. The molecule has 4 aliphatic rings. The summed E-state index contributed by atoms with van der Waals surface area (Å²) >= 11 is 3.62. The Labute approximate surface area is 303 Å². The minimum Gasteiger partial charge on any atom is -0.463 e. The van der Waals surface area contributed by atoms with E-state index in [1.54, 1.807) is 21.7 Å². The van der Waals surface area contributed by atoms with Gasteiger partial charge in [-0.05, 0) is 42.5 Å². The molecule has 2 fully saturated rings. The van der Waals surface area contributed by atoms with Gasteiger partial charge in [0, 0.05) is 17.4 Å². The molecule has 2 N–H and O–H groups in total. The molecule has 0 unspecified atom stereocenters. The number of aliphatic hydroxyl groups is 1. The number of fused-ring (bicyclic) bond motifs is 3. The van der Waals surface area contributed by atoms with Crippen LogP contribution in [0.2, 0.25) is 0 Å². The lowest BCUT2D eigenvalue weighted by Crippen LogP contribution is -2.58. The lowest BCUT2D eigenvalue weighted by atomic mass is 9.74. The van der Waals surface area contributed by atoms with Crippen LogP contribution in [-0.4, -0.2) is 97.1 Å². The van der Waals surface area contributed by atoms with Crippen LogP contribution in [0.3, 0.4) is 0 Å². The molecule has 2 saturated heterocycles. The van der Waals surface area contributed by atoms with Crippen LogP contribution in [0.5, 0.6) is 0 Å². The van der Waals surface area contributed by atoms with E-state index >= 15 is 4.79 Å². The molecular formula is C37H41BrN6O7. The van der Waals surface area contributed by atoms with Crippen molar-refractivity contribution in [2.75, 3.05) is 19.8 Å². The van der Waals surface area contributed by atoms with Gasteiger partial charge in [0.2, 0.25) is 11.8 Å². The third-order valence-electron chi connectivity index (χ3n) is 10.2. The Morgan fingerprint density at radius 1 is 1.04 bits per heavy atom. The number of likely N-dealkylation sites (tertiary alicyclic amines) is 1. The molecule has 5 heterocycles. The Balaban J connectivity index is 1.34. The number of rotatable bonds is 7. The molecule has 5 bridgehead atoms. The summed E-state index contributed by atoms with van der Waals surface area (Å²) in [5.41, 5.74) is 0.601. The van der Waals surface area contributed by atoms with Crippen molar-refractivity contribution in [2.24, 2.45) is 17.8 Å². The summed E-state index contributed by atoms with van der Waals surface area (Å²) in [5.74, 6) is -3.75. The summed E-state index contributed by atoms with van der Waals surface area (Å²) in [6, 6.07) is 14.0. The average Bonchev–Trinajstić information content (AvgIpc) is 3.85. The summed E-state index contributed by atoms with van der Waals surface area (Å²) in [6.07, 6.45) is 5.43. The van der Waals surface area contributed by atoms with Crippen LogP contribution in [0.4, 0.5) is 0 Å². The second-order valence-electron chi connectivity index (χ2n) is 14.0. The monoisotopic (exact) mass is 760 g/mol. The predicted octanol–water partition coefficient (Wildman–Crippen LogP) is 3.25. The molecule has 0 aliphatic carbocycles. The average molecular weight is 762 g/mol. The van der Waals surface area contributed by atoms with Crippen molar-refractivity contribution >= 4 is 50.7 Å². The summed E-state index contributed by atoms with van der Waals surface area (Å²) in [7, 11) is 0. The van der Waals surface area contributed by atoms with Crippen LogP contribution < -0.4 is 5.32 Å². The quantitative estimate of drug-likeness (QED) is 0.273. The Kier molecular flexibility index (Phi) is 9.83. The predicted molar refractivity (Wildman–Crippen MR) is 188 cm³/mol.